The summed E-state index contributed by atoms with van der Waals surface area (Å²) in [6, 6.07) is 5.47. The topological polar surface area (TPSA) is 50.8 Å². The summed E-state index contributed by atoms with van der Waals surface area (Å²) >= 11 is 7.03. The van der Waals surface area contributed by atoms with Crippen molar-refractivity contribution < 1.29 is 14.3 Å². The molecular weight excluding hydrogens is 332 g/mol. The molecule has 1 saturated heterocycles. The molecule has 2 rings (SSSR count). The van der Waals surface area contributed by atoms with Gasteiger partial charge in [0.25, 0.3) is 5.91 Å². The number of amides is 1. The first-order valence-corrected chi connectivity index (χ1v) is 9.31. The molecule has 1 atom stereocenters. The number of carbonyl (C=O) groups excluding carboxylic acids is 1. The molecule has 1 amide bonds. The summed E-state index contributed by atoms with van der Waals surface area (Å²) in [6.07, 6.45) is 2.81. The Morgan fingerprint density at radius 2 is 2.17 bits per heavy atom. The van der Waals surface area contributed by atoms with Crippen LogP contribution in [0.2, 0.25) is 0 Å². The van der Waals surface area contributed by atoms with E-state index in [0.29, 0.717) is 29.8 Å². The number of carbonyl (C=O) groups is 1. The second-order valence-corrected chi connectivity index (χ2v) is 6.50. The van der Waals surface area contributed by atoms with Crippen LogP contribution in [0.15, 0.2) is 18.2 Å². The molecule has 1 N–H and O–H groups in total. The van der Waals surface area contributed by atoms with E-state index >= 15 is 0 Å². The molecule has 1 aromatic rings. The van der Waals surface area contributed by atoms with E-state index in [2.05, 4.69) is 5.32 Å². The van der Waals surface area contributed by atoms with Crippen molar-refractivity contribution in [1.29, 1.82) is 0 Å². The highest BCUT2D eigenvalue weighted by atomic mass is 32.2. The largest absolute Gasteiger partial charge is 0.493 e. The van der Waals surface area contributed by atoms with Crippen molar-refractivity contribution in [3.8, 4) is 11.5 Å². The molecule has 0 saturated carbocycles. The number of benzene rings is 1. The minimum atomic E-state index is -0.209. The lowest BCUT2D eigenvalue weighted by atomic mass is 10.1. The van der Waals surface area contributed by atoms with Gasteiger partial charge in [-0.3, -0.25) is 9.69 Å². The summed E-state index contributed by atoms with van der Waals surface area (Å²) in [5, 5.41) is 3.60. The zero-order valence-corrected chi connectivity index (χ0v) is 15.3. The van der Waals surface area contributed by atoms with E-state index in [4.69, 9.17) is 21.7 Å². The molecule has 0 unspecified atom stereocenters. The number of nitrogens with one attached hydrogen (secondary N) is 1. The molecule has 0 aromatic heterocycles. The fourth-order valence-corrected chi connectivity index (χ4v) is 3.19. The van der Waals surface area contributed by atoms with Gasteiger partial charge in [0.2, 0.25) is 0 Å². The first-order chi connectivity index (χ1) is 11.1. The number of hydrogen-bond donors (Lipinski definition) is 1. The Balaban J connectivity index is 2.09. The quantitative estimate of drug-likeness (QED) is 0.724. The lowest BCUT2D eigenvalue weighted by molar-refractivity contribution is -0.127. The molecule has 0 spiro atoms. The highest BCUT2D eigenvalue weighted by Gasteiger charge is 2.34. The summed E-state index contributed by atoms with van der Waals surface area (Å²) in [7, 11) is 1.60. The number of ether oxygens (including phenoxy) is 2. The normalized spacial score (nSPS) is 17.3. The molecule has 1 fully saturated rings. The van der Waals surface area contributed by atoms with E-state index < -0.39 is 0 Å². The first-order valence-electron chi connectivity index (χ1n) is 7.51. The maximum atomic E-state index is 12.5. The average molecular weight is 354 g/mol. The van der Waals surface area contributed by atoms with Crippen LogP contribution in [0.4, 0.5) is 0 Å². The van der Waals surface area contributed by atoms with E-state index in [-0.39, 0.29) is 11.9 Å². The smallest absolute Gasteiger partial charge is 0.251 e. The predicted octanol–water partition coefficient (Wildman–Crippen LogP) is 2.43. The summed E-state index contributed by atoms with van der Waals surface area (Å²) in [5.74, 6) is 2.33. The Hall–Kier alpha value is -1.47. The summed E-state index contributed by atoms with van der Waals surface area (Å²) < 4.78 is 10.9. The second kappa shape index (κ2) is 8.40. The molecule has 0 radical (unpaired) electrons. The van der Waals surface area contributed by atoms with Crippen LogP contribution in [0.5, 0.6) is 11.5 Å². The van der Waals surface area contributed by atoms with Crippen LogP contribution in [0, 0.1) is 0 Å². The van der Waals surface area contributed by atoms with Gasteiger partial charge in [-0.05, 0) is 55.3 Å². The SMILES string of the molecule is CCOc1ccc(CN2C(=O)[C@@H](CCSC)NC2=S)cc1OC. The van der Waals surface area contributed by atoms with Gasteiger partial charge in [0.05, 0.1) is 20.3 Å². The van der Waals surface area contributed by atoms with Crippen LogP contribution in [-0.4, -0.2) is 47.7 Å². The van der Waals surface area contributed by atoms with Crippen molar-refractivity contribution in [2.45, 2.75) is 25.9 Å². The zero-order valence-electron chi connectivity index (χ0n) is 13.6. The second-order valence-electron chi connectivity index (χ2n) is 5.13. The highest BCUT2D eigenvalue weighted by Crippen LogP contribution is 2.29. The molecule has 7 heteroatoms. The lowest BCUT2D eigenvalue weighted by Crippen LogP contribution is -2.31. The molecule has 5 nitrogen and oxygen atoms in total. The summed E-state index contributed by atoms with van der Waals surface area (Å²) in [4.78, 5) is 14.1. The van der Waals surface area contributed by atoms with Crippen molar-refractivity contribution in [3.05, 3.63) is 23.8 Å². The van der Waals surface area contributed by atoms with Gasteiger partial charge >= 0.3 is 0 Å². The summed E-state index contributed by atoms with van der Waals surface area (Å²) in [6.45, 7) is 2.93. The van der Waals surface area contributed by atoms with Crippen LogP contribution < -0.4 is 14.8 Å². The Morgan fingerprint density at radius 1 is 1.39 bits per heavy atom. The molecule has 1 heterocycles. The fraction of sp³-hybridized carbons (Fsp3) is 0.500. The number of nitrogens with zero attached hydrogens (tertiary/aromatic N) is 1. The van der Waals surface area contributed by atoms with Gasteiger partial charge in [0, 0.05) is 0 Å². The van der Waals surface area contributed by atoms with Crippen molar-refractivity contribution in [2.75, 3.05) is 25.7 Å². The Kier molecular flexibility index (Phi) is 6.53. The number of hydrogen-bond acceptors (Lipinski definition) is 5. The maximum Gasteiger partial charge on any atom is 0.251 e. The number of rotatable bonds is 8. The monoisotopic (exact) mass is 354 g/mol. The lowest BCUT2D eigenvalue weighted by Gasteiger charge is -2.16. The van der Waals surface area contributed by atoms with Gasteiger partial charge in [-0.1, -0.05) is 6.07 Å². The third-order valence-electron chi connectivity index (χ3n) is 3.59. The Bertz CT molecular complexity index is 580. The van der Waals surface area contributed by atoms with E-state index in [1.165, 1.54) is 0 Å². The van der Waals surface area contributed by atoms with Crippen molar-refractivity contribution >= 4 is 35.0 Å². The molecule has 126 valence electrons. The van der Waals surface area contributed by atoms with E-state index in [9.17, 15) is 4.79 Å². The van der Waals surface area contributed by atoms with Crippen LogP contribution in [0.25, 0.3) is 0 Å². The maximum absolute atomic E-state index is 12.5. The Morgan fingerprint density at radius 3 is 2.83 bits per heavy atom. The fourth-order valence-electron chi connectivity index (χ4n) is 2.43. The molecule has 0 aliphatic carbocycles. The zero-order chi connectivity index (χ0) is 16.8. The van der Waals surface area contributed by atoms with Gasteiger partial charge in [0.15, 0.2) is 16.6 Å². The van der Waals surface area contributed by atoms with Crippen LogP contribution in [-0.2, 0) is 11.3 Å². The molecule has 1 aliphatic rings. The molecule has 23 heavy (non-hydrogen) atoms. The van der Waals surface area contributed by atoms with E-state index in [0.717, 1.165) is 17.7 Å². The average Bonchev–Trinajstić information content (AvgIpc) is 2.82. The van der Waals surface area contributed by atoms with Gasteiger partial charge in [-0.25, -0.2) is 0 Å². The number of thioether (sulfide) groups is 1. The van der Waals surface area contributed by atoms with Crippen molar-refractivity contribution in [1.82, 2.24) is 10.2 Å². The molecule has 1 aliphatic heterocycles. The first kappa shape index (κ1) is 17.9. The van der Waals surface area contributed by atoms with E-state index in [1.54, 1.807) is 23.8 Å². The minimum absolute atomic E-state index is 0.0388. The highest BCUT2D eigenvalue weighted by molar-refractivity contribution is 7.98. The van der Waals surface area contributed by atoms with Crippen molar-refractivity contribution in [3.63, 3.8) is 0 Å². The predicted molar refractivity (Wildman–Crippen MR) is 97.2 cm³/mol. The van der Waals surface area contributed by atoms with Gasteiger partial charge < -0.3 is 14.8 Å². The summed E-state index contributed by atoms with van der Waals surface area (Å²) in [5.41, 5.74) is 0.952. The number of thiocarbonyl (C=S) groups is 1. The standard InChI is InChI=1S/C16H22N2O3S2/c1-4-21-13-6-5-11(9-14(13)20-2)10-18-15(19)12(7-8-23-3)17-16(18)22/h5-6,9,12H,4,7-8,10H2,1-3H3,(H,17,22)/t12-/m1/s1. The van der Waals surface area contributed by atoms with Crippen LogP contribution >= 0.6 is 24.0 Å². The molecule has 1 aromatic carbocycles. The van der Waals surface area contributed by atoms with Gasteiger partial charge in [-0.2, -0.15) is 11.8 Å². The van der Waals surface area contributed by atoms with E-state index in [1.807, 2.05) is 31.4 Å². The van der Waals surface area contributed by atoms with Gasteiger partial charge in [-0.15, -0.1) is 0 Å². The molecular formula is C16H22N2O3S2. The molecule has 0 bridgehead atoms. The van der Waals surface area contributed by atoms with Crippen molar-refractivity contribution in [2.24, 2.45) is 0 Å². The minimum Gasteiger partial charge on any atom is -0.493 e. The van der Waals surface area contributed by atoms with Crippen LogP contribution in [0.1, 0.15) is 18.9 Å². The van der Waals surface area contributed by atoms with Crippen LogP contribution in [0.3, 0.4) is 0 Å². The number of methoxy groups -OCH3 is 1. The van der Waals surface area contributed by atoms with Gasteiger partial charge in [0.1, 0.15) is 6.04 Å². The third-order valence-corrected chi connectivity index (χ3v) is 4.57. The Labute approximate surface area is 146 Å². The third kappa shape index (κ3) is 4.29.